The summed E-state index contributed by atoms with van der Waals surface area (Å²) in [5.74, 6) is -0.0149. The number of hydrogen-bond acceptors (Lipinski definition) is 2. The fraction of sp³-hybridized carbons (Fsp3) is 0.579. The van der Waals surface area contributed by atoms with Crippen LogP contribution < -0.4 is 4.90 Å². The van der Waals surface area contributed by atoms with Crippen LogP contribution in [0.15, 0.2) is 18.2 Å². The number of amides is 2. The van der Waals surface area contributed by atoms with E-state index in [2.05, 4.69) is 19.9 Å². The summed E-state index contributed by atoms with van der Waals surface area (Å²) in [6, 6.07) is 6.09. The summed E-state index contributed by atoms with van der Waals surface area (Å²) < 4.78 is 0. The van der Waals surface area contributed by atoms with E-state index in [4.69, 9.17) is 0 Å². The molecule has 1 atom stereocenters. The quantitative estimate of drug-likeness (QED) is 0.808. The lowest BCUT2D eigenvalue weighted by atomic mass is 10.1. The number of carbonyl (C=O) groups excluding carboxylic acids is 2. The molecule has 0 radical (unpaired) electrons. The van der Waals surface area contributed by atoms with Gasteiger partial charge in [0.25, 0.3) is 0 Å². The highest BCUT2D eigenvalue weighted by molar-refractivity contribution is 6.00. The molecule has 1 aromatic carbocycles. The van der Waals surface area contributed by atoms with Crippen LogP contribution in [0.5, 0.6) is 0 Å². The van der Waals surface area contributed by atoms with Crippen molar-refractivity contribution in [3.05, 3.63) is 29.3 Å². The van der Waals surface area contributed by atoms with Crippen molar-refractivity contribution in [3.8, 4) is 0 Å². The smallest absolute Gasteiger partial charge is 0.228 e. The molecule has 1 aliphatic rings. The molecule has 2 amide bonds. The van der Waals surface area contributed by atoms with Gasteiger partial charge in [0.2, 0.25) is 11.8 Å². The van der Waals surface area contributed by atoms with Gasteiger partial charge in [0, 0.05) is 31.7 Å². The molecular weight excluding hydrogens is 288 g/mol. The van der Waals surface area contributed by atoms with Gasteiger partial charge in [-0.1, -0.05) is 31.5 Å². The van der Waals surface area contributed by atoms with Gasteiger partial charge >= 0.3 is 0 Å². The molecule has 1 heterocycles. The van der Waals surface area contributed by atoms with Crippen LogP contribution in [0.4, 0.5) is 5.69 Å². The maximum Gasteiger partial charge on any atom is 0.228 e. The Morgan fingerprint density at radius 1 is 1.22 bits per heavy atom. The molecule has 1 saturated heterocycles. The Kier molecular flexibility index (Phi) is 5.80. The molecule has 0 aliphatic carbocycles. The third-order valence-corrected chi connectivity index (χ3v) is 4.42. The van der Waals surface area contributed by atoms with Gasteiger partial charge in [-0.05, 0) is 38.3 Å². The predicted molar refractivity (Wildman–Crippen MR) is 93.5 cm³/mol. The van der Waals surface area contributed by atoms with Crippen molar-refractivity contribution in [2.75, 3.05) is 24.5 Å². The van der Waals surface area contributed by atoms with Crippen molar-refractivity contribution in [3.63, 3.8) is 0 Å². The molecule has 0 bridgehead atoms. The van der Waals surface area contributed by atoms with Gasteiger partial charge in [-0.3, -0.25) is 9.59 Å². The summed E-state index contributed by atoms with van der Waals surface area (Å²) in [5.41, 5.74) is 3.21. The van der Waals surface area contributed by atoms with Gasteiger partial charge in [0.05, 0.1) is 5.92 Å². The molecular formula is C19H28N2O2. The average Bonchev–Trinajstić information content (AvgIpc) is 2.88. The summed E-state index contributed by atoms with van der Waals surface area (Å²) in [5, 5.41) is 0. The Hall–Kier alpha value is -1.84. The van der Waals surface area contributed by atoms with Crippen molar-refractivity contribution in [2.24, 2.45) is 5.92 Å². The summed E-state index contributed by atoms with van der Waals surface area (Å²) in [6.45, 7) is 10.3. The largest absolute Gasteiger partial charge is 0.342 e. The zero-order chi connectivity index (χ0) is 17.0. The van der Waals surface area contributed by atoms with Crippen molar-refractivity contribution >= 4 is 17.5 Å². The topological polar surface area (TPSA) is 40.6 Å². The molecule has 4 heteroatoms. The standard InChI is InChI=1S/C19H28N2O2/c1-5-9-20(10-6-2)19(23)16-12-18(22)21(13-16)17-8-7-14(3)11-15(17)4/h7-8,11,16H,5-6,9-10,12-13H2,1-4H3. The number of benzene rings is 1. The molecule has 4 nitrogen and oxygen atoms in total. The van der Waals surface area contributed by atoms with E-state index in [1.165, 1.54) is 5.56 Å². The van der Waals surface area contributed by atoms with Crippen LogP contribution >= 0.6 is 0 Å². The maximum absolute atomic E-state index is 12.7. The average molecular weight is 316 g/mol. The molecule has 2 rings (SSSR count). The first-order valence-corrected chi connectivity index (χ1v) is 8.64. The van der Waals surface area contributed by atoms with Crippen LogP contribution in [0.1, 0.15) is 44.2 Å². The Morgan fingerprint density at radius 2 is 1.87 bits per heavy atom. The fourth-order valence-corrected chi connectivity index (χ4v) is 3.34. The van der Waals surface area contributed by atoms with Crippen LogP contribution in [0, 0.1) is 19.8 Å². The lowest BCUT2D eigenvalue weighted by Crippen LogP contribution is -2.38. The van der Waals surface area contributed by atoms with E-state index in [1.54, 1.807) is 4.90 Å². The van der Waals surface area contributed by atoms with E-state index < -0.39 is 0 Å². The van der Waals surface area contributed by atoms with Gasteiger partial charge in [-0.25, -0.2) is 0 Å². The number of anilines is 1. The normalized spacial score (nSPS) is 17.7. The second-order valence-electron chi connectivity index (χ2n) is 6.52. The molecule has 1 aromatic rings. The predicted octanol–water partition coefficient (Wildman–Crippen LogP) is 3.30. The zero-order valence-corrected chi connectivity index (χ0v) is 14.8. The Labute approximate surface area is 139 Å². The van der Waals surface area contributed by atoms with Crippen LogP contribution in [0.2, 0.25) is 0 Å². The molecule has 1 fully saturated rings. The van der Waals surface area contributed by atoms with Crippen LogP contribution in [0.3, 0.4) is 0 Å². The highest BCUT2D eigenvalue weighted by Gasteiger charge is 2.37. The van der Waals surface area contributed by atoms with E-state index >= 15 is 0 Å². The van der Waals surface area contributed by atoms with Gasteiger partial charge in [0.1, 0.15) is 0 Å². The molecule has 0 saturated carbocycles. The van der Waals surface area contributed by atoms with Crippen LogP contribution in [0.25, 0.3) is 0 Å². The summed E-state index contributed by atoms with van der Waals surface area (Å²) >= 11 is 0. The third-order valence-electron chi connectivity index (χ3n) is 4.42. The van der Waals surface area contributed by atoms with Gasteiger partial charge in [0.15, 0.2) is 0 Å². The van der Waals surface area contributed by atoms with E-state index in [9.17, 15) is 9.59 Å². The number of carbonyl (C=O) groups is 2. The van der Waals surface area contributed by atoms with E-state index in [1.807, 2.05) is 30.9 Å². The van der Waals surface area contributed by atoms with Crippen LogP contribution in [-0.4, -0.2) is 36.3 Å². The highest BCUT2D eigenvalue weighted by Crippen LogP contribution is 2.29. The lowest BCUT2D eigenvalue weighted by Gasteiger charge is -2.25. The van der Waals surface area contributed by atoms with E-state index in [0.29, 0.717) is 13.0 Å². The third kappa shape index (κ3) is 3.92. The van der Waals surface area contributed by atoms with E-state index in [0.717, 1.165) is 37.2 Å². The first-order chi connectivity index (χ1) is 11.0. The number of rotatable bonds is 6. The molecule has 126 valence electrons. The number of hydrogen-bond donors (Lipinski definition) is 0. The second-order valence-corrected chi connectivity index (χ2v) is 6.52. The number of nitrogens with zero attached hydrogens (tertiary/aromatic N) is 2. The Bertz CT molecular complexity index is 577. The lowest BCUT2D eigenvalue weighted by molar-refractivity contribution is -0.135. The summed E-state index contributed by atoms with van der Waals surface area (Å²) in [7, 11) is 0. The SMILES string of the molecule is CCCN(CCC)C(=O)C1CC(=O)N(c2ccc(C)cc2C)C1. The Balaban J connectivity index is 2.14. The van der Waals surface area contributed by atoms with Crippen molar-refractivity contribution in [1.82, 2.24) is 4.90 Å². The minimum atomic E-state index is -0.207. The van der Waals surface area contributed by atoms with E-state index in [-0.39, 0.29) is 17.7 Å². The molecule has 23 heavy (non-hydrogen) atoms. The zero-order valence-electron chi connectivity index (χ0n) is 14.8. The maximum atomic E-state index is 12.7. The fourth-order valence-electron chi connectivity index (χ4n) is 3.34. The summed E-state index contributed by atoms with van der Waals surface area (Å²) in [4.78, 5) is 28.9. The Morgan fingerprint density at radius 3 is 2.43 bits per heavy atom. The molecule has 1 unspecified atom stereocenters. The van der Waals surface area contributed by atoms with Crippen molar-refractivity contribution < 1.29 is 9.59 Å². The highest BCUT2D eigenvalue weighted by atomic mass is 16.2. The minimum absolute atomic E-state index is 0.0586. The molecule has 0 spiro atoms. The first kappa shape index (κ1) is 17.5. The molecule has 1 aliphatic heterocycles. The first-order valence-electron chi connectivity index (χ1n) is 8.64. The molecule has 0 N–H and O–H groups in total. The van der Waals surface area contributed by atoms with Crippen molar-refractivity contribution in [2.45, 2.75) is 47.0 Å². The van der Waals surface area contributed by atoms with Gasteiger partial charge < -0.3 is 9.80 Å². The van der Waals surface area contributed by atoms with Gasteiger partial charge in [-0.15, -0.1) is 0 Å². The van der Waals surface area contributed by atoms with Gasteiger partial charge in [-0.2, -0.15) is 0 Å². The number of aryl methyl sites for hydroxylation is 2. The second kappa shape index (κ2) is 7.62. The van der Waals surface area contributed by atoms with Crippen LogP contribution in [-0.2, 0) is 9.59 Å². The minimum Gasteiger partial charge on any atom is -0.342 e. The monoisotopic (exact) mass is 316 g/mol. The molecule has 0 aromatic heterocycles. The van der Waals surface area contributed by atoms with Crippen molar-refractivity contribution in [1.29, 1.82) is 0 Å². The summed E-state index contributed by atoms with van der Waals surface area (Å²) in [6.07, 6.45) is 2.23.